The topological polar surface area (TPSA) is 86.5 Å². The van der Waals surface area contributed by atoms with Gasteiger partial charge in [0.05, 0.1) is 22.9 Å². The standard InChI is InChI=1S/C18H12N4/c19-10-13-6-2-1-5-12(13)9-17-16(11-20)14-7-3-4-8-15(14)18(21)22-17/h1-8H,9H2,(H2,21,22). The number of nitriles is 2. The molecule has 0 amide bonds. The van der Waals surface area contributed by atoms with Gasteiger partial charge in [-0.1, -0.05) is 42.5 Å². The molecule has 0 bridgehead atoms. The third kappa shape index (κ3) is 2.24. The van der Waals surface area contributed by atoms with Gasteiger partial charge in [0, 0.05) is 17.2 Å². The first-order valence-corrected chi connectivity index (χ1v) is 6.79. The second kappa shape index (κ2) is 5.55. The molecular weight excluding hydrogens is 272 g/mol. The summed E-state index contributed by atoms with van der Waals surface area (Å²) in [6.45, 7) is 0. The Balaban J connectivity index is 2.20. The van der Waals surface area contributed by atoms with Crippen LogP contribution < -0.4 is 5.73 Å². The Morgan fingerprint density at radius 3 is 2.32 bits per heavy atom. The SMILES string of the molecule is N#Cc1ccccc1Cc1nc(N)c2ccccc2c1C#N. The van der Waals surface area contributed by atoms with Crippen molar-refractivity contribution >= 4 is 16.6 Å². The molecule has 2 N–H and O–H groups in total. The van der Waals surface area contributed by atoms with Crippen LogP contribution >= 0.6 is 0 Å². The van der Waals surface area contributed by atoms with Crippen LogP contribution in [0.1, 0.15) is 22.4 Å². The van der Waals surface area contributed by atoms with Gasteiger partial charge in [0.15, 0.2) is 0 Å². The molecule has 0 aliphatic heterocycles. The highest BCUT2D eigenvalue weighted by atomic mass is 14.8. The lowest BCUT2D eigenvalue weighted by atomic mass is 9.98. The molecule has 0 spiro atoms. The molecule has 0 fully saturated rings. The highest BCUT2D eigenvalue weighted by Gasteiger charge is 2.13. The molecule has 3 aromatic rings. The molecule has 0 atom stereocenters. The number of hydrogen-bond donors (Lipinski definition) is 1. The number of nitrogens with two attached hydrogens (primary N) is 1. The first-order chi connectivity index (χ1) is 10.7. The Kier molecular flexibility index (Phi) is 3.43. The second-order valence-corrected chi connectivity index (χ2v) is 4.92. The van der Waals surface area contributed by atoms with Crippen LogP contribution in [0.3, 0.4) is 0 Å². The molecule has 1 aromatic heterocycles. The number of hydrogen-bond acceptors (Lipinski definition) is 4. The lowest BCUT2D eigenvalue weighted by Gasteiger charge is -2.10. The minimum atomic E-state index is 0.402. The van der Waals surface area contributed by atoms with Crippen molar-refractivity contribution in [1.82, 2.24) is 4.98 Å². The zero-order valence-electron chi connectivity index (χ0n) is 11.7. The van der Waals surface area contributed by atoms with E-state index in [0.29, 0.717) is 29.1 Å². The second-order valence-electron chi connectivity index (χ2n) is 4.92. The molecule has 0 unspecified atom stereocenters. The molecule has 104 valence electrons. The van der Waals surface area contributed by atoms with E-state index >= 15 is 0 Å². The van der Waals surface area contributed by atoms with Crippen molar-refractivity contribution < 1.29 is 0 Å². The highest BCUT2D eigenvalue weighted by Crippen LogP contribution is 2.26. The van der Waals surface area contributed by atoms with Gasteiger partial charge >= 0.3 is 0 Å². The molecule has 4 heteroatoms. The average Bonchev–Trinajstić information content (AvgIpc) is 2.56. The lowest BCUT2D eigenvalue weighted by molar-refractivity contribution is 1.07. The minimum absolute atomic E-state index is 0.402. The van der Waals surface area contributed by atoms with E-state index < -0.39 is 0 Å². The zero-order valence-corrected chi connectivity index (χ0v) is 11.7. The van der Waals surface area contributed by atoms with Gasteiger partial charge in [0.2, 0.25) is 0 Å². The summed E-state index contributed by atoms with van der Waals surface area (Å²) in [5.41, 5.74) is 8.55. The molecule has 0 aliphatic carbocycles. The van der Waals surface area contributed by atoms with Crippen LogP contribution in [0.2, 0.25) is 0 Å². The van der Waals surface area contributed by atoms with Gasteiger partial charge in [-0.25, -0.2) is 4.98 Å². The third-order valence-corrected chi connectivity index (χ3v) is 3.62. The summed E-state index contributed by atoms with van der Waals surface area (Å²) >= 11 is 0. The Morgan fingerprint density at radius 2 is 1.59 bits per heavy atom. The van der Waals surface area contributed by atoms with Gasteiger partial charge < -0.3 is 5.73 Å². The number of nitrogens with zero attached hydrogens (tertiary/aromatic N) is 3. The van der Waals surface area contributed by atoms with Crippen LogP contribution in [0.4, 0.5) is 5.82 Å². The van der Waals surface area contributed by atoms with E-state index in [2.05, 4.69) is 17.1 Å². The summed E-state index contributed by atoms with van der Waals surface area (Å²) < 4.78 is 0. The average molecular weight is 284 g/mol. The maximum absolute atomic E-state index is 9.52. The maximum atomic E-state index is 9.52. The molecule has 0 radical (unpaired) electrons. The van der Waals surface area contributed by atoms with Crippen molar-refractivity contribution in [2.24, 2.45) is 0 Å². The summed E-state index contributed by atoms with van der Waals surface area (Å²) in [5.74, 6) is 0.402. The van der Waals surface area contributed by atoms with E-state index in [1.165, 1.54) is 0 Å². The van der Waals surface area contributed by atoms with Crippen LogP contribution in [0, 0.1) is 22.7 Å². The predicted octanol–water partition coefficient (Wildman–Crippen LogP) is 3.15. The fraction of sp³-hybridized carbons (Fsp3) is 0.0556. The summed E-state index contributed by atoms with van der Waals surface area (Å²) in [7, 11) is 0. The number of fused-ring (bicyclic) bond motifs is 1. The molecule has 4 nitrogen and oxygen atoms in total. The van der Waals surface area contributed by atoms with Gasteiger partial charge in [-0.15, -0.1) is 0 Å². The first kappa shape index (κ1) is 13.6. The molecule has 22 heavy (non-hydrogen) atoms. The van der Waals surface area contributed by atoms with Crippen LogP contribution in [-0.4, -0.2) is 4.98 Å². The largest absolute Gasteiger partial charge is 0.383 e. The quantitative estimate of drug-likeness (QED) is 0.783. The fourth-order valence-electron chi connectivity index (χ4n) is 2.56. The summed E-state index contributed by atoms with van der Waals surface area (Å²) in [6.07, 6.45) is 0.404. The molecule has 0 saturated carbocycles. The molecule has 3 rings (SSSR count). The predicted molar refractivity (Wildman–Crippen MR) is 84.8 cm³/mol. The summed E-state index contributed by atoms with van der Waals surface area (Å²) in [6, 6.07) is 19.1. The van der Waals surface area contributed by atoms with E-state index in [0.717, 1.165) is 16.3 Å². The van der Waals surface area contributed by atoms with Gasteiger partial charge in [-0.2, -0.15) is 10.5 Å². The lowest BCUT2D eigenvalue weighted by Crippen LogP contribution is -2.03. The van der Waals surface area contributed by atoms with Gasteiger partial charge in [-0.3, -0.25) is 0 Å². The minimum Gasteiger partial charge on any atom is -0.383 e. The number of nitrogen functional groups attached to an aromatic ring is 1. The number of benzene rings is 2. The van der Waals surface area contributed by atoms with Crippen LogP contribution in [0.15, 0.2) is 48.5 Å². The van der Waals surface area contributed by atoms with Crippen LogP contribution in [0.25, 0.3) is 10.8 Å². The molecule has 0 saturated heterocycles. The molecule has 1 heterocycles. The summed E-state index contributed by atoms with van der Waals surface area (Å²) in [4.78, 5) is 4.39. The number of rotatable bonds is 2. The molecule has 2 aromatic carbocycles. The van der Waals surface area contributed by atoms with Crippen molar-refractivity contribution in [2.75, 3.05) is 5.73 Å². The van der Waals surface area contributed by atoms with Gasteiger partial charge in [0.1, 0.15) is 11.9 Å². The smallest absolute Gasteiger partial charge is 0.131 e. The van der Waals surface area contributed by atoms with E-state index in [4.69, 9.17) is 5.73 Å². The molecular formula is C18H12N4. The highest BCUT2D eigenvalue weighted by molar-refractivity contribution is 5.95. The zero-order chi connectivity index (χ0) is 15.5. The first-order valence-electron chi connectivity index (χ1n) is 6.79. The maximum Gasteiger partial charge on any atom is 0.131 e. The number of anilines is 1. The van der Waals surface area contributed by atoms with Crippen molar-refractivity contribution in [3.8, 4) is 12.1 Å². The Hall–Kier alpha value is -3.37. The van der Waals surface area contributed by atoms with Crippen LogP contribution in [-0.2, 0) is 6.42 Å². The summed E-state index contributed by atoms with van der Waals surface area (Å²) in [5, 5.41) is 20.3. The van der Waals surface area contributed by atoms with Crippen molar-refractivity contribution in [2.45, 2.75) is 6.42 Å². The van der Waals surface area contributed by atoms with E-state index in [1.54, 1.807) is 6.07 Å². The Morgan fingerprint density at radius 1 is 0.909 bits per heavy atom. The van der Waals surface area contributed by atoms with Gasteiger partial charge in [0.25, 0.3) is 0 Å². The van der Waals surface area contributed by atoms with E-state index in [9.17, 15) is 10.5 Å². The van der Waals surface area contributed by atoms with Crippen molar-refractivity contribution in [3.05, 3.63) is 70.9 Å². The van der Waals surface area contributed by atoms with Crippen molar-refractivity contribution in [1.29, 1.82) is 10.5 Å². The number of pyridine rings is 1. The fourth-order valence-corrected chi connectivity index (χ4v) is 2.56. The number of aromatic nitrogens is 1. The van der Waals surface area contributed by atoms with E-state index in [1.807, 2.05) is 42.5 Å². The van der Waals surface area contributed by atoms with E-state index in [-0.39, 0.29) is 0 Å². The normalized spacial score (nSPS) is 10.1. The molecule has 0 aliphatic rings. The van der Waals surface area contributed by atoms with Crippen molar-refractivity contribution in [3.63, 3.8) is 0 Å². The monoisotopic (exact) mass is 284 g/mol. The van der Waals surface area contributed by atoms with Crippen LogP contribution in [0.5, 0.6) is 0 Å². The third-order valence-electron chi connectivity index (χ3n) is 3.62. The Bertz CT molecular complexity index is 945. The Labute approximate surface area is 128 Å². The van der Waals surface area contributed by atoms with Gasteiger partial charge in [-0.05, 0) is 11.6 Å².